The SMILES string of the molecule is COC(=O)c1ccc(/C=N/NC(=O)CSc2nnc(-c3ccc(C(C)(C)C)cc3)n2-c2ccc(OC)cc2)cc1. The highest BCUT2D eigenvalue weighted by Crippen LogP contribution is 2.30. The second kappa shape index (κ2) is 12.6. The van der Waals surface area contributed by atoms with E-state index in [1.807, 2.05) is 41.0 Å². The summed E-state index contributed by atoms with van der Waals surface area (Å²) in [6.07, 6.45) is 1.50. The summed E-state index contributed by atoms with van der Waals surface area (Å²) >= 11 is 1.26. The molecule has 0 unspecified atom stereocenters. The van der Waals surface area contributed by atoms with E-state index >= 15 is 0 Å². The van der Waals surface area contributed by atoms with Crippen molar-refractivity contribution in [2.24, 2.45) is 5.10 Å². The highest BCUT2D eigenvalue weighted by molar-refractivity contribution is 7.99. The number of methoxy groups -OCH3 is 2. The van der Waals surface area contributed by atoms with E-state index < -0.39 is 5.97 Å². The minimum Gasteiger partial charge on any atom is -0.497 e. The number of carbonyl (C=O) groups is 2. The third kappa shape index (κ3) is 6.95. The number of ether oxygens (including phenoxy) is 2. The van der Waals surface area contributed by atoms with E-state index in [9.17, 15) is 9.59 Å². The van der Waals surface area contributed by atoms with Gasteiger partial charge in [0, 0.05) is 11.3 Å². The van der Waals surface area contributed by atoms with E-state index in [-0.39, 0.29) is 17.1 Å². The molecule has 0 fully saturated rings. The lowest BCUT2D eigenvalue weighted by atomic mass is 9.87. The maximum absolute atomic E-state index is 12.5. The van der Waals surface area contributed by atoms with Crippen molar-refractivity contribution in [3.05, 3.63) is 89.5 Å². The fourth-order valence-corrected chi connectivity index (χ4v) is 4.54. The van der Waals surface area contributed by atoms with Gasteiger partial charge in [0.15, 0.2) is 11.0 Å². The van der Waals surface area contributed by atoms with Crippen LogP contribution < -0.4 is 10.2 Å². The van der Waals surface area contributed by atoms with Gasteiger partial charge in [0.05, 0.1) is 31.8 Å². The quantitative estimate of drug-likeness (QED) is 0.129. The molecule has 0 bridgehead atoms. The zero-order chi connectivity index (χ0) is 28.7. The van der Waals surface area contributed by atoms with Crippen LogP contribution in [0.3, 0.4) is 0 Å². The summed E-state index contributed by atoms with van der Waals surface area (Å²) in [6.45, 7) is 6.52. The highest BCUT2D eigenvalue weighted by Gasteiger charge is 2.19. The average Bonchev–Trinajstić information content (AvgIpc) is 3.39. The van der Waals surface area contributed by atoms with E-state index in [2.05, 4.69) is 53.6 Å². The number of nitrogens with zero attached hydrogens (tertiary/aromatic N) is 4. The van der Waals surface area contributed by atoms with Crippen LogP contribution in [0.1, 0.15) is 42.3 Å². The lowest BCUT2D eigenvalue weighted by Crippen LogP contribution is -2.20. The Bertz CT molecular complexity index is 1490. The normalized spacial score (nSPS) is 11.4. The molecular formula is C30H31N5O4S. The highest BCUT2D eigenvalue weighted by atomic mass is 32.2. The van der Waals surface area contributed by atoms with E-state index in [4.69, 9.17) is 9.47 Å². The number of thioether (sulfide) groups is 1. The van der Waals surface area contributed by atoms with Crippen LogP contribution in [0, 0.1) is 0 Å². The molecule has 1 amide bonds. The van der Waals surface area contributed by atoms with Crippen molar-refractivity contribution in [3.63, 3.8) is 0 Å². The summed E-state index contributed by atoms with van der Waals surface area (Å²) < 4.78 is 11.9. The summed E-state index contributed by atoms with van der Waals surface area (Å²) in [4.78, 5) is 24.1. The number of carbonyl (C=O) groups excluding carboxylic acids is 2. The lowest BCUT2D eigenvalue weighted by Gasteiger charge is -2.19. The van der Waals surface area contributed by atoms with Gasteiger partial charge in [-0.15, -0.1) is 10.2 Å². The number of hydrazone groups is 1. The smallest absolute Gasteiger partial charge is 0.337 e. The second-order valence-electron chi connectivity index (χ2n) is 9.86. The van der Waals surface area contributed by atoms with Gasteiger partial charge in [0.2, 0.25) is 0 Å². The molecule has 206 valence electrons. The molecule has 0 saturated carbocycles. The van der Waals surface area contributed by atoms with Gasteiger partial charge < -0.3 is 9.47 Å². The number of amides is 1. The monoisotopic (exact) mass is 557 g/mol. The third-order valence-corrected chi connectivity index (χ3v) is 6.97. The molecule has 0 aliphatic rings. The Morgan fingerprint density at radius 3 is 2.23 bits per heavy atom. The topological polar surface area (TPSA) is 108 Å². The van der Waals surface area contributed by atoms with Crippen molar-refractivity contribution < 1.29 is 19.1 Å². The molecule has 40 heavy (non-hydrogen) atoms. The van der Waals surface area contributed by atoms with Crippen molar-refractivity contribution >= 4 is 29.9 Å². The molecule has 1 aromatic heterocycles. The van der Waals surface area contributed by atoms with E-state index in [0.717, 1.165) is 22.6 Å². The summed E-state index contributed by atoms with van der Waals surface area (Å²) in [5.74, 6) is 0.769. The van der Waals surface area contributed by atoms with Crippen LogP contribution in [0.4, 0.5) is 0 Å². The van der Waals surface area contributed by atoms with Gasteiger partial charge in [0.25, 0.3) is 5.91 Å². The first-order chi connectivity index (χ1) is 19.2. The fourth-order valence-electron chi connectivity index (χ4n) is 3.80. The summed E-state index contributed by atoms with van der Waals surface area (Å²) in [7, 11) is 2.95. The van der Waals surface area contributed by atoms with Crippen molar-refractivity contribution in [2.45, 2.75) is 31.3 Å². The van der Waals surface area contributed by atoms with Crippen LogP contribution in [-0.4, -0.2) is 52.8 Å². The minimum atomic E-state index is -0.415. The molecule has 4 rings (SSSR count). The van der Waals surface area contributed by atoms with Crippen LogP contribution in [0.25, 0.3) is 17.1 Å². The Balaban J connectivity index is 1.50. The Kier molecular flexibility index (Phi) is 9.00. The molecular weight excluding hydrogens is 526 g/mol. The number of rotatable bonds is 9. The molecule has 4 aromatic rings. The Morgan fingerprint density at radius 1 is 0.950 bits per heavy atom. The van der Waals surface area contributed by atoms with Crippen molar-refractivity contribution in [3.8, 4) is 22.8 Å². The second-order valence-corrected chi connectivity index (χ2v) is 10.8. The van der Waals surface area contributed by atoms with Crippen molar-refractivity contribution in [1.29, 1.82) is 0 Å². The number of hydrogen-bond donors (Lipinski definition) is 1. The number of benzene rings is 3. The van der Waals surface area contributed by atoms with E-state index in [1.165, 1.54) is 30.6 Å². The zero-order valence-electron chi connectivity index (χ0n) is 23.0. The average molecular weight is 558 g/mol. The van der Waals surface area contributed by atoms with Crippen LogP contribution in [0.2, 0.25) is 0 Å². The standard InChI is InChI=1S/C30H31N5O4S/c1-30(2,3)23-12-10-21(11-13-23)27-33-34-29(35(27)24-14-16-25(38-4)17-15-24)40-19-26(36)32-31-18-20-6-8-22(9-7-20)28(37)39-5/h6-18H,19H2,1-5H3,(H,32,36)/b31-18+. The Labute approximate surface area is 237 Å². The van der Waals surface area contributed by atoms with Gasteiger partial charge in [-0.1, -0.05) is 68.9 Å². The first kappa shape index (κ1) is 28.6. The molecule has 1 N–H and O–H groups in total. The Morgan fingerprint density at radius 2 is 1.62 bits per heavy atom. The molecule has 0 spiro atoms. The molecule has 9 nitrogen and oxygen atoms in total. The van der Waals surface area contributed by atoms with Crippen LogP contribution >= 0.6 is 11.8 Å². The van der Waals surface area contributed by atoms with Gasteiger partial charge in [-0.25, -0.2) is 10.2 Å². The summed E-state index contributed by atoms with van der Waals surface area (Å²) in [5, 5.41) is 13.5. The zero-order valence-corrected chi connectivity index (χ0v) is 23.9. The fraction of sp³-hybridized carbons (Fsp3) is 0.233. The maximum atomic E-state index is 12.5. The van der Waals surface area contributed by atoms with E-state index in [0.29, 0.717) is 16.5 Å². The first-order valence-corrected chi connectivity index (χ1v) is 13.5. The van der Waals surface area contributed by atoms with E-state index in [1.54, 1.807) is 31.4 Å². The molecule has 0 saturated heterocycles. The molecule has 10 heteroatoms. The minimum absolute atomic E-state index is 0.0333. The summed E-state index contributed by atoms with van der Waals surface area (Å²) in [6, 6.07) is 22.6. The van der Waals surface area contributed by atoms with Gasteiger partial charge in [0.1, 0.15) is 5.75 Å². The van der Waals surface area contributed by atoms with Crippen molar-refractivity contribution in [2.75, 3.05) is 20.0 Å². The van der Waals surface area contributed by atoms with Gasteiger partial charge in [-0.2, -0.15) is 5.10 Å². The molecule has 3 aromatic carbocycles. The van der Waals surface area contributed by atoms with Gasteiger partial charge in [-0.3, -0.25) is 9.36 Å². The number of aromatic nitrogens is 3. The maximum Gasteiger partial charge on any atom is 0.337 e. The van der Waals surface area contributed by atoms with Gasteiger partial charge in [-0.05, 0) is 52.9 Å². The number of esters is 1. The molecule has 0 aliphatic carbocycles. The van der Waals surface area contributed by atoms with Crippen LogP contribution in [-0.2, 0) is 14.9 Å². The number of nitrogens with one attached hydrogen (secondary N) is 1. The van der Waals surface area contributed by atoms with Crippen LogP contribution in [0.15, 0.2) is 83.1 Å². The molecule has 0 radical (unpaired) electrons. The summed E-state index contributed by atoms with van der Waals surface area (Å²) in [5.41, 5.74) is 6.70. The molecule has 0 aliphatic heterocycles. The Hall–Kier alpha value is -4.44. The predicted molar refractivity (Wildman–Crippen MR) is 156 cm³/mol. The third-order valence-electron chi connectivity index (χ3n) is 6.04. The number of hydrogen-bond acceptors (Lipinski definition) is 8. The van der Waals surface area contributed by atoms with Gasteiger partial charge >= 0.3 is 5.97 Å². The lowest BCUT2D eigenvalue weighted by molar-refractivity contribution is -0.118. The molecule has 0 atom stereocenters. The largest absolute Gasteiger partial charge is 0.497 e. The first-order valence-electron chi connectivity index (χ1n) is 12.5. The van der Waals surface area contributed by atoms with Crippen molar-refractivity contribution in [1.82, 2.24) is 20.2 Å². The predicted octanol–water partition coefficient (Wildman–Crippen LogP) is 5.27. The van der Waals surface area contributed by atoms with Crippen LogP contribution in [0.5, 0.6) is 5.75 Å². The molecule has 1 heterocycles.